The lowest BCUT2D eigenvalue weighted by Crippen LogP contribution is -2.43. The number of nitrogens with zero attached hydrogens (tertiary/aromatic N) is 3. The Hall–Kier alpha value is -2.53. The molecule has 0 bridgehead atoms. The lowest BCUT2D eigenvalue weighted by Gasteiger charge is -2.27. The van der Waals surface area contributed by atoms with Gasteiger partial charge in [0.25, 0.3) is 11.5 Å². The van der Waals surface area contributed by atoms with Crippen LogP contribution in [0.5, 0.6) is 0 Å². The van der Waals surface area contributed by atoms with Crippen LogP contribution in [0.2, 0.25) is 5.02 Å². The van der Waals surface area contributed by atoms with E-state index in [1.165, 1.54) is 18.2 Å². The molecule has 0 saturated heterocycles. The van der Waals surface area contributed by atoms with Crippen LogP contribution in [-0.2, 0) is 6.54 Å². The van der Waals surface area contributed by atoms with E-state index < -0.39 is 42.6 Å². The van der Waals surface area contributed by atoms with E-state index in [4.69, 9.17) is 16.7 Å². The van der Waals surface area contributed by atoms with Gasteiger partial charge in [-0.25, -0.2) is 4.79 Å². The molecule has 1 heterocycles. The summed E-state index contributed by atoms with van der Waals surface area (Å²) in [4.78, 5) is 37.4. The molecule has 11 heteroatoms. The number of aromatic nitrogens is 3. The predicted molar refractivity (Wildman–Crippen MR) is 112 cm³/mol. The third-order valence-corrected chi connectivity index (χ3v) is 5.71. The average Bonchev–Trinajstić information content (AvgIpc) is 2.77. The van der Waals surface area contributed by atoms with E-state index in [0.717, 1.165) is 47.5 Å². The van der Waals surface area contributed by atoms with E-state index in [1.54, 1.807) is 0 Å². The van der Waals surface area contributed by atoms with E-state index in [2.05, 4.69) is 10.4 Å². The molecule has 1 aromatic carbocycles. The molecule has 2 unspecified atom stereocenters. The number of rotatable bonds is 7. The van der Waals surface area contributed by atoms with Gasteiger partial charge in [-0.1, -0.05) is 30.9 Å². The maximum absolute atomic E-state index is 12.7. The minimum atomic E-state index is -1.30. The van der Waals surface area contributed by atoms with Crippen LogP contribution >= 0.6 is 11.6 Å². The Morgan fingerprint density at radius 2 is 1.94 bits per heavy atom. The van der Waals surface area contributed by atoms with Crippen molar-refractivity contribution in [2.45, 2.75) is 51.0 Å². The van der Waals surface area contributed by atoms with E-state index in [-0.39, 0.29) is 22.2 Å². The second kappa shape index (κ2) is 10.2. The summed E-state index contributed by atoms with van der Waals surface area (Å²) in [6.07, 6.45) is 3.37. The van der Waals surface area contributed by atoms with Crippen molar-refractivity contribution in [1.82, 2.24) is 19.7 Å². The van der Waals surface area contributed by atoms with Gasteiger partial charge in [0.1, 0.15) is 12.4 Å². The maximum Gasteiger partial charge on any atom is 0.352 e. The van der Waals surface area contributed by atoms with Crippen LogP contribution in [0.25, 0.3) is 5.69 Å². The molecule has 0 aliphatic heterocycles. The van der Waals surface area contributed by atoms with Crippen LogP contribution in [0.15, 0.2) is 34.0 Å². The van der Waals surface area contributed by atoms with Crippen molar-refractivity contribution in [1.29, 1.82) is 0 Å². The number of hydrogen-bond donors (Lipinski definition) is 4. The molecule has 1 aliphatic rings. The van der Waals surface area contributed by atoms with Crippen molar-refractivity contribution < 1.29 is 20.1 Å². The Kier molecular flexibility index (Phi) is 7.60. The normalized spacial score (nSPS) is 16.6. The Bertz CT molecular complexity index is 1050. The fourth-order valence-corrected chi connectivity index (χ4v) is 3.85. The highest BCUT2D eigenvalue weighted by molar-refractivity contribution is 6.33. The van der Waals surface area contributed by atoms with E-state index in [9.17, 15) is 24.6 Å². The number of aliphatic hydroxyl groups excluding tert-OH is 3. The Balaban J connectivity index is 1.89. The molecule has 1 aliphatic carbocycles. The van der Waals surface area contributed by atoms with Gasteiger partial charge in [0.2, 0.25) is 0 Å². The van der Waals surface area contributed by atoms with E-state index in [0.29, 0.717) is 0 Å². The highest BCUT2D eigenvalue weighted by atomic mass is 35.5. The molecule has 2 aromatic rings. The highest BCUT2D eigenvalue weighted by Gasteiger charge is 2.24. The highest BCUT2D eigenvalue weighted by Crippen LogP contribution is 2.26. The molecule has 1 saturated carbocycles. The topological polar surface area (TPSA) is 147 Å². The van der Waals surface area contributed by atoms with Gasteiger partial charge in [0.05, 0.1) is 35.5 Å². The van der Waals surface area contributed by atoms with Crippen LogP contribution in [0.1, 0.15) is 42.5 Å². The molecule has 1 aromatic heterocycles. The van der Waals surface area contributed by atoms with Gasteiger partial charge >= 0.3 is 5.69 Å². The number of nitrogens with one attached hydrogen (secondary N) is 1. The summed E-state index contributed by atoms with van der Waals surface area (Å²) in [5, 5.41) is 35.5. The Morgan fingerprint density at radius 3 is 2.61 bits per heavy atom. The molecule has 2 atom stereocenters. The number of amides is 1. The molecule has 168 valence electrons. The van der Waals surface area contributed by atoms with Crippen molar-refractivity contribution in [3.05, 3.63) is 55.8 Å². The number of carbonyl (C=O) groups excluding carboxylic acids is 1. The summed E-state index contributed by atoms with van der Waals surface area (Å²) in [7, 11) is 0. The van der Waals surface area contributed by atoms with Crippen LogP contribution < -0.4 is 16.6 Å². The summed E-state index contributed by atoms with van der Waals surface area (Å²) in [5.41, 5.74) is -1.39. The third-order valence-electron chi connectivity index (χ3n) is 5.38. The fourth-order valence-electron chi connectivity index (χ4n) is 3.65. The number of hydrogen-bond acceptors (Lipinski definition) is 7. The van der Waals surface area contributed by atoms with Crippen molar-refractivity contribution in [3.8, 4) is 5.69 Å². The monoisotopic (exact) mass is 452 g/mol. The SMILES string of the molecule is O=C(NC(O)C1CCCCC1)c1cc(-n2ncc(=O)n(CC(O)CO)c2=O)ccc1Cl. The second-order valence-corrected chi connectivity index (χ2v) is 8.01. The summed E-state index contributed by atoms with van der Waals surface area (Å²) in [6, 6.07) is 4.18. The maximum atomic E-state index is 12.7. The number of benzene rings is 1. The number of halogens is 1. The molecule has 0 radical (unpaired) electrons. The van der Waals surface area contributed by atoms with Gasteiger partial charge in [-0.15, -0.1) is 0 Å². The number of aliphatic hydroxyl groups is 3. The third kappa shape index (κ3) is 5.40. The zero-order valence-electron chi connectivity index (χ0n) is 16.8. The zero-order valence-corrected chi connectivity index (χ0v) is 17.5. The van der Waals surface area contributed by atoms with Crippen molar-refractivity contribution in [2.75, 3.05) is 6.61 Å². The van der Waals surface area contributed by atoms with Gasteiger partial charge in [0, 0.05) is 5.92 Å². The summed E-state index contributed by atoms with van der Waals surface area (Å²) < 4.78 is 1.62. The molecule has 1 fully saturated rings. The summed E-state index contributed by atoms with van der Waals surface area (Å²) in [6.45, 7) is -1.03. The standard InChI is InChI=1S/C20H25ClN4O6/c21-16-7-6-13(25-20(31)24(10-14(27)11-26)17(28)9-22-25)8-15(16)19(30)23-18(29)12-4-2-1-3-5-12/h6-9,12,14,18,26-27,29H,1-5,10-11H2,(H,23,30). The second-order valence-electron chi connectivity index (χ2n) is 7.60. The van der Waals surface area contributed by atoms with Crippen LogP contribution in [0.4, 0.5) is 0 Å². The van der Waals surface area contributed by atoms with Crippen LogP contribution in [-0.4, -0.2) is 54.5 Å². The predicted octanol–water partition coefficient (Wildman–Crippen LogP) is 0.0293. The summed E-state index contributed by atoms with van der Waals surface area (Å²) >= 11 is 6.17. The van der Waals surface area contributed by atoms with E-state index >= 15 is 0 Å². The van der Waals surface area contributed by atoms with Gasteiger partial charge in [-0.3, -0.25) is 14.2 Å². The Labute approximate surface area is 182 Å². The average molecular weight is 453 g/mol. The first-order valence-corrected chi connectivity index (χ1v) is 10.5. The molecule has 1 amide bonds. The van der Waals surface area contributed by atoms with Gasteiger partial charge < -0.3 is 20.6 Å². The minimum absolute atomic E-state index is 0.0227. The van der Waals surface area contributed by atoms with E-state index in [1.807, 2.05) is 0 Å². The quantitative estimate of drug-likeness (QED) is 0.433. The molecule has 10 nitrogen and oxygen atoms in total. The molecule has 4 N–H and O–H groups in total. The van der Waals surface area contributed by atoms with Crippen molar-refractivity contribution in [3.63, 3.8) is 0 Å². The summed E-state index contributed by atoms with van der Waals surface area (Å²) in [5.74, 6) is -0.618. The van der Waals surface area contributed by atoms with Crippen LogP contribution in [0.3, 0.4) is 0 Å². The molecular weight excluding hydrogens is 428 g/mol. The first kappa shape index (κ1) is 23.1. The molecular formula is C20H25ClN4O6. The first-order chi connectivity index (χ1) is 14.8. The lowest BCUT2D eigenvalue weighted by atomic mass is 9.88. The fraction of sp³-hybridized carbons (Fsp3) is 0.500. The van der Waals surface area contributed by atoms with Crippen molar-refractivity contribution >= 4 is 17.5 Å². The lowest BCUT2D eigenvalue weighted by molar-refractivity contribution is 0.0463. The molecule has 3 rings (SSSR count). The number of carbonyl (C=O) groups is 1. The Morgan fingerprint density at radius 1 is 1.23 bits per heavy atom. The largest absolute Gasteiger partial charge is 0.394 e. The minimum Gasteiger partial charge on any atom is -0.394 e. The zero-order chi connectivity index (χ0) is 22.5. The molecule has 0 spiro atoms. The first-order valence-electron chi connectivity index (χ1n) is 10.1. The molecule has 31 heavy (non-hydrogen) atoms. The van der Waals surface area contributed by atoms with Gasteiger partial charge in [-0.05, 0) is 31.0 Å². The van der Waals surface area contributed by atoms with Crippen molar-refractivity contribution in [2.24, 2.45) is 5.92 Å². The smallest absolute Gasteiger partial charge is 0.352 e. The van der Waals surface area contributed by atoms with Crippen LogP contribution in [0, 0.1) is 5.92 Å². The van der Waals surface area contributed by atoms with Gasteiger partial charge in [-0.2, -0.15) is 9.78 Å². The van der Waals surface area contributed by atoms with Gasteiger partial charge in [0.15, 0.2) is 0 Å².